The summed E-state index contributed by atoms with van der Waals surface area (Å²) in [5, 5.41) is 6.09. The zero-order valence-electron chi connectivity index (χ0n) is 21.8. The van der Waals surface area contributed by atoms with Gasteiger partial charge in [0.15, 0.2) is 0 Å². The number of aryl methyl sites for hydroxylation is 1. The van der Waals surface area contributed by atoms with Gasteiger partial charge in [-0.3, -0.25) is 4.79 Å². The predicted molar refractivity (Wildman–Crippen MR) is 150 cm³/mol. The highest BCUT2D eigenvalue weighted by Crippen LogP contribution is 2.33. The van der Waals surface area contributed by atoms with Crippen LogP contribution in [-0.2, 0) is 4.79 Å². The minimum Gasteiger partial charge on any atom is -0.438 e. The minimum atomic E-state index is -0.121. The maximum Gasteiger partial charge on any atom is 0.228 e. The fourth-order valence-corrected chi connectivity index (χ4v) is 4.33. The molecule has 0 saturated carbocycles. The van der Waals surface area contributed by atoms with Gasteiger partial charge in [-0.2, -0.15) is 0 Å². The summed E-state index contributed by atoms with van der Waals surface area (Å²) >= 11 is 0. The van der Waals surface area contributed by atoms with Crippen LogP contribution in [0.2, 0.25) is 0 Å². The van der Waals surface area contributed by atoms with Gasteiger partial charge in [-0.15, -0.1) is 0 Å². The molecule has 2 aromatic carbocycles. The van der Waals surface area contributed by atoms with Gasteiger partial charge in [-0.1, -0.05) is 0 Å². The Labute approximate surface area is 222 Å². The van der Waals surface area contributed by atoms with E-state index in [1.165, 1.54) is 12.6 Å². The molecule has 1 aliphatic rings. The van der Waals surface area contributed by atoms with E-state index in [-0.39, 0.29) is 5.91 Å². The highest BCUT2D eigenvalue weighted by Gasteiger charge is 2.15. The topological polar surface area (TPSA) is 95.5 Å². The van der Waals surface area contributed by atoms with Gasteiger partial charge < -0.3 is 25.2 Å². The molecular formula is C29H31N7O2. The second-order valence-corrected chi connectivity index (χ2v) is 9.35. The summed E-state index contributed by atoms with van der Waals surface area (Å²) in [5.74, 6) is 1.45. The molecule has 1 fully saturated rings. The molecule has 0 spiro atoms. The number of carbonyl (C=O) groups is 1. The molecule has 5 rings (SSSR count). The number of benzene rings is 2. The van der Waals surface area contributed by atoms with Crippen LogP contribution in [-0.4, -0.2) is 59.0 Å². The van der Waals surface area contributed by atoms with E-state index in [0.717, 1.165) is 43.0 Å². The normalized spacial score (nSPS) is 13.7. The largest absolute Gasteiger partial charge is 0.438 e. The van der Waals surface area contributed by atoms with Gasteiger partial charge in [0.2, 0.25) is 17.7 Å². The molecule has 0 bridgehead atoms. The third-order valence-electron chi connectivity index (χ3n) is 6.40. The molecule has 4 aromatic rings. The number of ether oxygens (including phenoxy) is 1. The van der Waals surface area contributed by atoms with Crippen molar-refractivity contribution in [2.75, 3.05) is 48.8 Å². The Morgan fingerprint density at radius 3 is 2.42 bits per heavy atom. The Morgan fingerprint density at radius 1 is 0.921 bits per heavy atom. The van der Waals surface area contributed by atoms with Gasteiger partial charge in [-0.25, -0.2) is 15.0 Å². The van der Waals surface area contributed by atoms with Crippen LogP contribution < -0.4 is 20.3 Å². The SMILES string of the molecule is CC(=O)Nc1ccc(Oc2ncccc2-c2ccnc(Nc3ccc(N4CCN(C)CC4)cc3)n2)c(C)c1. The van der Waals surface area contributed by atoms with Crippen molar-refractivity contribution < 1.29 is 9.53 Å². The van der Waals surface area contributed by atoms with E-state index in [2.05, 4.69) is 61.7 Å². The summed E-state index contributed by atoms with van der Waals surface area (Å²) in [5.41, 5.74) is 5.15. The van der Waals surface area contributed by atoms with Gasteiger partial charge in [-0.05, 0) is 80.2 Å². The van der Waals surface area contributed by atoms with Crippen molar-refractivity contribution >= 4 is 28.9 Å². The lowest BCUT2D eigenvalue weighted by Gasteiger charge is -2.34. The number of amides is 1. The summed E-state index contributed by atoms with van der Waals surface area (Å²) in [7, 11) is 2.16. The Hall–Kier alpha value is -4.50. The molecule has 0 atom stereocenters. The fourth-order valence-electron chi connectivity index (χ4n) is 4.33. The number of aromatic nitrogens is 3. The molecular weight excluding hydrogens is 478 g/mol. The van der Waals surface area contributed by atoms with E-state index in [9.17, 15) is 4.79 Å². The van der Waals surface area contributed by atoms with Crippen LogP contribution in [0.5, 0.6) is 11.6 Å². The standard InChI is InChI=1S/C29H31N7O2/c1-20-19-23(32-21(2)37)8-11-27(20)38-28-25(5-4-13-30-28)26-12-14-31-29(34-26)33-22-6-9-24(10-7-22)36-17-15-35(3)16-18-36/h4-14,19H,15-18H2,1-3H3,(H,32,37)(H,31,33,34). The maximum atomic E-state index is 11.4. The van der Waals surface area contributed by atoms with Crippen LogP contribution in [0.3, 0.4) is 0 Å². The van der Waals surface area contributed by atoms with Crippen molar-refractivity contribution in [2.45, 2.75) is 13.8 Å². The van der Waals surface area contributed by atoms with E-state index < -0.39 is 0 Å². The number of likely N-dealkylation sites (N-methyl/N-ethyl adjacent to an activating group) is 1. The Kier molecular flexibility index (Phi) is 7.46. The van der Waals surface area contributed by atoms with Gasteiger partial charge in [0.25, 0.3) is 0 Å². The average Bonchev–Trinajstić information content (AvgIpc) is 2.91. The van der Waals surface area contributed by atoms with Gasteiger partial charge >= 0.3 is 0 Å². The number of carbonyl (C=O) groups excluding carboxylic acids is 1. The van der Waals surface area contributed by atoms with Crippen molar-refractivity contribution in [3.05, 3.63) is 78.6 Å². The zero-order valence-corrected chi connectivity index (χ0v) is 21.8. The van der Waals surface area contributed by atoms with Crippen molar-refractivity contribution in [3.8, 4) is 22.9 Å². The van der Waals surface area contributed by atoms with Crippen molar-refractivity contribution in [1.29, 1.82) is 0 Å². The summed E-state index contributed by atoms with van der Waals surface area (Å²) in [6.07, 6.45) is 3.40. The third-order valence-corrected chi connectivity index (χ3v) is 6.40. The van der Waals surface area contributed by atoms with Crippen molar-refractivity contribution in [1.82, 2.24) is 19.9 Å². The smallest absolute Gasteiger partial charge is 0.228 e. The van der Waals surface area contributed by atoms with Gasteiger partial charge in [0.1, 0.15) is 5.75 Å². The van der Waals surface area contributed by atoms with Gasteiger partial charge in [0, 0.05) is 62.6 Å². The van der Waals surface area contributed by atoms with Crippen molar-refractivity contribution in [3.63, 3.8) is 0 Å². The Morgan fingerprint density at radius 2 is 1.68 bits per heavy atom. The lowest BCUT2D eigenvalue weighted by atomic mass is 10.2. The van der Waals surface area contributed by atoms with E-state index in [1.54, 1.807) is 18.5 Å². The first-order chi connectivity index (χ1) is 18.4. The van der Waals surface area contributed by atoms with Crippen LogP contribution in [0.4, 0.5) is 23.0 Å². The third kappa shape index (κ3) is 6.07. The van der Waals surface area contributed by atoms with Crippen LogP contribution in [0, 0.1) is 6.92 Å². The molecule has 9 nitrogen and oxygen atoms in total. The molecule has 3 heterocycles. The highest BCUT2D eigenvalue weighted by atomic mass is 16.5. The Bertz CT molecular complexity index is 1420. The zero-order chi connectivity index (χ0) is 26.5. The van der Waals surface area contributed by atoms with E-state index in [1.807, 2.05) is 37.3 Å². The molecule has 2 aromatic heterocycles. The number of hydrogen-bond acceptors (Lipinski definition) is 8. The molecule has 0 aliphatic carbocycles. The summed E-state index contributed by atoms with van der Waals surface area (Å²) in [4.78, 5) is 29.7. The van der Waals surface area contributed by atoms with E-state index in [4.69, 9.17) is 9.72 Å². The molecule has 0 radical (unpaired) electrons. The minimum absolute atomic E-state index is 0.121. The quantitative estimate of drug-likeness (QED) is 0.356. The number of anilines is 4. The number of nitrogens with zero attached hydrogens (tertiary/aromatic N) is 5. The number of nitrogens with one attached hydrogen (secondary N) is 2. The summed E-state index contributed by atoms with van der Waals surface area (Å²) in [6, 6.07) is 19.4. The van der Waals surface area contributed by atoms with Crippen LogP contribution in [0.25, 0.3) is 11.3 Å². The molecule has 38 heavy (non-hydrogen) atoms. The van der Waals surface area contributed by atoms with Crippen LogP contribution >= 0.6 is 0 Å². The fraction of sp³-hybridized carbons (Fsp3) is 0.241. The first kappa shape index (κ1) is 25.2. The van der Waals surface area contributed by atoms with E-state index in [0.29, 0.717) is 29.0 Å². The highest BCUT2D eigenvalue weighted by molar-refractivity contribution is 5.88. The summed E-state index contributed by atoms with van der Waals surface area (Å²) < 4.78 is 6.18. The number of pyridine rings is 1. The van der Waals surface area contributed by atoms with Crippen LogP contribution in [0.15, 0.2) is 73.1 Å². The molecule has 1 amide bonds. The molecule has 9 heteroatoms. The molecule has 1 aliphatic heterocycles. The number of piperazine rings is 1. The second kappa shape index (κ2) is 11.3. The Balaban J connectivity index is 1.32. The van der Waals surface area contributed by atoms with E-state index >= 15 is 0 Å². The first-order valence-electron chi connectivity index (χ1n) is 12.6. The molecule has 194 valence electrons. The molecule has 0 unspecified atom stereocenters. The predicted octanol–water partition coefficient (Wildman–Crippen LogP) is 5.09. The maximum absolute atomic E-state index is 11.4. The average molecular weight is 510 g/mol. The van der Waals surface area contributed by atoms with Crippen molar-refractivity contribution in [2.24, 2.45) is 0 Å². The van der Waals surface area contributed by atoms with Crippen LogP contribution in [0.1, 0.15) is 12.5 Å². The molecule has 1 saturated heterocycles. The lowest BCUT2D eigenvalue weighted by molar-refractivity contribution is -0.114. The second-order valence-electron chi connectivity index (χ2n) is 9.35. The first-order valence-corrected chi connectivity index (χ1v) is 12.6. The lowest BCUT2D eigenvalue weighted by Crippen LogP contribution is -2.44. The number of rotatable bonds is 7. The number of hydrogen-bond donors (Lipinski definition) is 2. The molecule has 2 N–H and O–H groups in total. The summed E-state index contributed by atoms with van der Waals surface area (Å²) in [6.45, 7) is 7.61. The van der Waals surface area contributed by atoms with Gasteiger partial charge in [0.05, 0.1) is 11.3 Å². The monoisotopic (exact) mass is 509 g/mol.